The summed E-state index contributed by atoms with van der Waals surface area (Å²) < 4.78 is 5.21. The number of carbonyl (C=O) groups excluding carboxylic acids is 1. The number of carbonyl (C=O) groups is 1. The largest absolute Gasteiger partial charge is 0.469 e. The Kier molecular flexibility index (Phi) is 4.79. The SMILES string of the molecule is C=CCN(CCc1ccco1)C(=O)C(C)N. The van der Waals surface area contributed by atoms with E-state index >= 15 is 0 Å². The first-order valence-electron chi connectivity index (χ1n) is 5.32. The van der Waals surface area contributed by atoms with Crippen molar-refractivity contribution < 1.29 is 9.21 Å². The van der Waals surface area contributed by atoms with Gasteiger partial charge in [-0.1, -0.05) is 6.08 Å². The summed E-state index contributed by atoms with van der Waals surface area (Å²) in [6.07, 6.45) is 4.02. The van der Waals surface area contributed by atoms with Gasteiger partial charge >= 0.3 is 0 Å². The van der Waals surface area contributed by atoms with Crippen molar-refractivity contribution in [1.82, 2.24) is 4.90 Å². The molecule has 0 saturated heterocycles. The van der Waals surface area contributed by atoms with E-state index in [2.05, 4.69) is 6.58 Å². The summed E-state index contributed by atoms with van der Waals surface area (Å²) in [5.74, 6) is 0.804. The smallest absolute Gasteiger partial charge is 0.239 e. The average molecular weight is 222 g/mol. The third-order valence-corrected chi connectivity index (χ3v) is 2.26. The standard InChI is InChI=1S/C12H18N2O2/c1-3-7-14(12(15)10(2)13)8-6-11-5-4-9-16-11/h3-5,9-10H,1,6-8,13H2,2H3. The molecule has 0 radical (unpaired) electrons. The zero-order chi connectivity index (χ0) is 12.0. The summed E-state index contributed by atoms with van der Waals surface area (Å²) >= 11 is 0. The predicted molar refractivity (Wildman–Crippen MR) is 62.8 cm³/mol. The molecule has 4 nitrogen and oxygen atoms in total. The average Bonchev–Trinajstić information content (AvgIpc) is 2.75. The van der Waals surface area contributed by atoms with Gasteiger partial charge in [0.15, 0.2) is 0 Å². The van der Waals surface area contributed by atoms with Crippen LogP contribution in [0.2, 0.25) is 0 Å². The van der Waals surface area contributed by atoms with E-state index in [0.717, 1.165) is 5.76 Å². The molecule has 0 aliphatic heterocycles. The van der Waals surface area contributed by atoms with E-state index < -0.39 is 6.04 Å². The van der Waals surface area contributed by atoms with Crippen molar-refractivity contribution in [3.8, 4) is 0 Å². The van der Waals surface area contributed by atoms with E-state index in [1.165, 1.54) is 0 Å². The van der Waals surface area contributed by atoms with Crippen LogP contribution >= 0.6 is 0 Å². The first kappa shape index (κ1) is 12.5. The molecule has 1 heterocycles. The van der Waals surface area contributed by atoms with Gasteiger partial charge in [0.2, 0.25) is 5.91 Å². The summed E-state index contributed by atoms with van der Waals surface area (Å²) in [7, 11) is 0. The maximum atomic E-state index is 11.7. The molecule has 1 rings (SSSR count). The lowest BCUT2D eigenvalue weighted by molar-refractivity contribution is -0.131. The second-order valence-corrected chi connectivity index (χ2v) is 3.69. The molecular weight excluding hydrogens is 204 g/mol. The lowest BCUT2D eigenvalue weighted by Crippen LogP contribution is -2.43. The maximum absolute atomic E-state index is 11.7. The maximum Gasteiger partial charge on any atom is 0.239 e. The molecule has 1 atom stereocenters. The van der Waals surface area contributed by atoms with Gasteiger partial charge in [-0.3, -0.25) is 4.79 Å². The van der Waals surface area contributed by atoms with E-state index in [1.807, 2.05) is 12.1 Å². The lowest BCUT2D eigenvalue weighted by Gasteiger charge is -2.22. The van der Waals surface area contributed by atoms with Crippen molar-refractivity contribution in [2.24, 2.45) is 5.73 Å². The summed E-state index contributed by atoms with van der Waals surface area (Å²) in [4.78, 5) is 13.4. The topological polar surface area (TPSA) is 59.5 Å². The molecule has 88 valence electrons. The van der Waals surface area contributed by atoms with Gasteiger partial charge in [-0.05, 0) is 19.1 Å². The van der Waals surface area contributed by atoms with Crippen LogP contribution in [-0.4, -0.2) is 29.9 Å². The minimum absolute atomic E-state index is 0.0635. The number of rotatable bonds is 6. The second-order valence-electron chi connectivity index (χ2n) is 3.69. The quantitative estimate of drug-likeness (QED) is 0.735. The summed E-state index contributed by atoms with van der Waals surface area (Å²) in [6, 6.07) is 3.25. The number of hydrogen-bond donors (Lipinski definition) is 1. The molecule has 1 amide bonds. The summed E-state index contributed by atoms with van der Waals surface area (Å²) in [5, 5.41) is 0. The molecule has 0 aliphatic rings. The van der Waals surface area contributed by atoms with Gasteiger partial charge in [-0.15, -0.1) is 6.58 Å². The highest BCUT2D eigenvalue weighted by atomic mass is 16.3. The molecule has 1 aromatic rings. The van der Waals surface area contributed by atoms with Crippen LogP contribution in [0.15, 0.2) is 35.5 Å². The van der Waals surface area contributed by atoms with E-state index in [1.54, 1.807) is 24.2 Å². The highest BCUT2D eigenvalue weighted by Gasteiger charge is 2.16. The Hall–Kier alpha value is -1.55. The van der Waals surface area contributed by atoms with E-state index in [9.17, 15) is 4.79 Å². The predicted octanol–water partition coefficient (Wildman–Crippen LogP) is 1.18. The first-order valence-corrected chi connectivity index (χ1v) is 5.32. The molecule has 0 spiro atoms. The first-order chi connectivity index (χ1) is 7.65. The fourth-order valence-electron chi connectivity index (χ4n) is 1.44. The zero-order valence-electron chi connectivity index (χ0n) is 9.56. The molecule has 0 aliphatic carbocycles. The summed E-state index contributed by atoms with van der Waals surface area (Å²) in [5.41, 5.74) is 5.57. The van der Waals surface area contributed by atoms with Crippen LogP contribution in [0.4, 0.5) is 0 Å². The van der Waals surface area contributed by atoms with Gasteiger partial charge in [-0.25, -0.2) is 0 Å². The van der Waals surface area contributed by atoms with E-state index in [0.29, 0.717) is 19.5 Å². The van der Waals surface area contributed by atoms with Gasteiger partial charge in [0.1, 0.15) is 5.76 Å². The molecule has 1 unspecified atom stereocenters. The molecule has 0 aromatic carbocycles. The monoisotopic (exact) mass is 222 g/mol. The Morgan fingerprint density at radius 3 is 3.00 bits per heavy atom. The van der Waals surface area contributed by atoms with Crippen molar-refractivity contribution in [2.75, 3.05) is 13.1 Å². The Labute approximate surface area is 95.7 Å². The fraction of sp³-hybridized carbons (Fsp3) is 0.417. The van der Waals surface area contributed by atoms with Crippen LogP contribution in [0.1, 0.15) is 12.7 Å². The van der Waals surface area contributed by atoms with Gasteiger partial charge < -0.3 is 15.1 Å². The lowest BCUT2D eigenvalue weighted by atomic mass is 10.2. The molecule has 1 aromatic heterocycles. The minimum Gasteiger partial charge on any atom is -0.469 e. The van der Waals surface area contributed by atoms with Crippen molar-refractivity contribution in [1.29, 1.82) is 0 Å². The van der Waals surface area contributed by atoms with Gasteiger partial charge in [-0.2, -0.15) is 0 Å². The van der Waals surface area contributed by atoms with Crippen molar-refractivity contribution in [3.05, 3.63) is 36.8 Å². The third-order valence-electron chi connectivity index (χ3n) is 2.26. The van der Waals surface area contributed by atoms with Crippen molar-refractivity contribution in [3.63, 3.8) is 0 Å². The Morgan fingerprint density at radius 2 is 2.50 bits per heavy atom. The highest BCUT2D eigenvalue weighted by molar-refractivity contribution is 5.81. The molecule has 0 bridgehead atoms. The van der Waals surface area contributed by atoms with Gasteiger partial charge in [0, 0.05) is 19.5 Å². The van der Waals surface area contributed by atoms with Crippen LogP contribution in [0.3, 0.4) is 0 Å². The Bertz CT molecular complexity index is 331. The Balaban J connectivity index is 2.51. The van der Waals surface area contributed by atoms with Crippen LogP contribution in [0, 0.1) is 0 Å². The van der Waals surface area contributed by atoms with Gasteiger partial charge in [0.25, 0.3) is 0 Å². The molecule has 0 saturated carbocycles. The van der Waals surface area contributed by atoms with Crippen molar-refractivity contribution in [2.45, 2.75) is 19.4 Å². The van der Waals surface area contributed by atoms with Crippen LogP contribution in [-0.2, 0) is 11.2 Å². The van der Waals surface area contributed by atoms with Crippen LogP contribution in [0.5, 0.6) is 0 Å². The van der Waals surface area contributed by atoms with Crippen LogP contribution < -0.4 is 5.73 Å². The van der Waals surface area contributed by atoms with Gasteiger partial charge in [0.05, 0.1) is 12.3 Å². The number of nitrogens with zero attached hydrogens (tertiary/aromatic N) is 1. The minimum atomic E-state index is -0.475. The van der Waals surface area contributed by atoms with E-state index in [-0.39, 0.29) is 5.91 Å². The Morgan fingerprint density at radius 1 is 1.75 bits per heavy atom. The fourth-order valence-corrected chi connectivity index (χ4v) is 1.44. The molecule has 16 heavy (non-hydrogen) atoms. The van der Waals surface area contributed by atoms with Crippen molar-refractivity contribution >= 4 is 5.91 Å². The molecular formula is C12H18N2O2. The molecule has 4 heteroatoms. The molecule has 2 N–H and O–H groups in total. The zero-order valence-corrected chi connectivity index (χ0v) is 9.56. The number of nitrogens with two attached hydrogens (primary N) is 1. The second kappa shape index (κ2) is 6.12. The number of furan rings is 1. The molecule has 0 fully saturated rings. The van der Waals surface area contributed by atoms with E-state index in [4.69, 9.17) is 10.2 Å². The summed E-state index contributed by atoms with van der Waals surface area (Å²) in [6.45, 7) is 6.43. The third kappa shape index (κ3) is 3.55. The number of amides is 1. The highest BCUT2D eigenvalue weighted by Crippen LogP contribution is 2.03. The normalized spacial score (nSPS) is 12.1. The number of hydrogen-bond acceptors (Lipinski definition) is 3. The van der Waals surface area contributed by atoms with Crippen LogP contribution in [0.25, 0.3) is 0 Å².